The molecule has 0 unspecified atom stereocenters. The molecule has 1 amide bonds. The average Bonchev–Trinajstić information content (AvgIpc) is 2.34. The molecule has 0 spiro atoms. The third-order valence-electron chi connectivity index (χ3n) is 2.26. The summed E-state index contributed by atoms with van der Waals surface area (Å²) < 4.78 is 0. The van der Waals surface area contributed by atoms with Crippen LogP contribution in [0.1, 0.15) is 6.42 Å². The lowest BCUT2D eigenvalue weighted by atomic mass is 10.3. The Morgan fingerprint density at radius 2 is 2.28 bits per heavy atom. The smallest absolute Gasteiger partial charge is 0.348 e. The number of carbonyl (C=O) groups excluding carboxylic acids is 1. The first kappa shape index (κ1) is 14.1. The molecule has 1 N–H and O–H groups in total. The topological polar surface area (TPSA) is 101 Å². The van der Waals surface area contributed by atoms with Crippen molar-refractivity contribution >= 4 is 29.0 Å². The van der Waals surface area contributed by atoms with Crippen molar-refractivity contribution in [2.45, 2.75) is 6.42 Å². The number of rotatable bonds is 5. The number of nitrogens with zero attached hydrogens (tertiary/aromatic N) is 4. The van der Waals surface area contributed by atoms with Crippen molar-refractivity contribution in [3.63, 3.8) is 0 Å². The van der Waals surface area contributed by atoms with Crippen LogP contribution in [0.5, 0.6) is 0 Å². The Morgan fingerprint density at radius 1 is 1.61 bits per heavy atom. The van der Waals surface area contributed by atoms with Gasteiger partial charge in [0, 0.05) is 27.1 Å². The summed E-state index contributed by atoms with van der Waals surface area (Å²) in [5, 5.41) is 13.1. The van der Waals surface area contributed by atoms with Gasteiger partial charge in [-0.2, -0.15) is 0 Å². The highest BCUT2D eigenvalue weighted by atomic mass is 35.5. The molecule has 9 heteroatoms. The van der Waals surface area contributed by atoms with E-state index in [4.69, 9.17) is 11.6 Å². The molecule has 0 radical (unpaired) electrons. The monoisotopic (exact) mass is 273 g/mol. The van der Waals surface area contributed by atoms with E-state index in [-0.39, 0.29) is 35.5 Å². The summed E-state index contributed by atoms with van der Waals surface area (Å²) in [6.45, 7) is 0.286. The Labute approximate surface area is 108 Å². The second-order valence-corrected chi connectivity index (χ2v) is 3.80. The third kappa shape index (κ3) is 3.27. The predicted octanol–water partition coefficient (Wildman–Crippen LogP) is 0.611. The van der Waals surface area contributed by atoms with Crippen LogP contribution in [0.15, 0.2) is 6.33 Å². The van der Waals surface area contributed by atoms with E-state index in [0.29, 0.717) is 0 Å². The van der Waals surface area contributed by atoms with Gasteiger partial charge in [-0.25, -0.2) is 9.97 Å². The maximum absolute atomic E-state index is 11.1. The molecule has 1 aromatic heterocycles. The van der Waals surface area contributed by atoms with Gasteiger partial charge in [-0.1, -0.05) is 11.6 Å². The molecule has 0 fully saturated rings. The molecule has 0 saturated heterocycles. The van der Waals surface area contributed by atoms with Gasteiger partial charge in [0.15, 0.2) is 0 Å². The molecule has 0 atom stereocenters. The number of hydrogen-bond donors (Lipinski definition) is 1. The summed E-state index contributed by atoms with van der Waals surface area (Å²) >= 11 is 5.66. The average molecular weight is 274 g/mol. The van der Waals surface area contributed by atoms with Crippen LogP contribution in [0.2, 0.25) is 5.15 Å². The zero-order valence-electron chi connectivity index (χ0n) is 9.88. The van der Waals surface area contributed by atoms with E-state index in [1.54, 1.807) is 7.05 Å². The van der Waals surface area contributed by atoms with Crippen molar-refractivity contribution < 1.29 is 9.72 Å². The fourth-order valence-electron chi connectivity index (χ4n) is 1.29. The first-order chi connectivity index (χ1) is 8.47. The number of nitro groups is 1. The maximum atomic E-state index is 11.1. The summed E-state index contributed by atoms with van der Waals surface area (Å²) in [5.41, 5.74) is -0.362. The lowest BCUT2D eigenvalue weighted by Crippen LogP contribution is -2.27. The van der Waals surface area contributed by atoms with Crippen LogP contribution in [-0.4, -0.2) is 41.4 Å². The highest BCUT2D eigenvalue weighted by Gasteiger charge is 2.24. The Hall–Kier alpha value is -1.96. The summed E-state index contributed by atoms with van der Waals surface area (Å²) in [5.74, 6) is -0.0754. The van der Waals surface area contributed by atoms with Crippen molar-refractivity contribution in [2.75, 3.05) is 25.5 Å². The minimum atomic E-state index is -0.645. The van der Waals surface area contributed by atoms with Crippen LogP contribution in [0.4, 0.5) is 11.5 Å². The largest absolute Gasteiger partial charge is 0.359 e. The molecule has 1 aromatic rings. The van der Waals surface area contributed by atoms with Gasteiger partial charge >= 0.3 is 5.69 Å². The second kappa shape index (κ2) is 6.10. The van der Waals surface area contributed by atoms with Crippen LogP contribution in [0, 0.1) is 10.1 Å². The third-order valence-corrected chi connectivity index (χ3v) is 2.53. The fraction of sp³-hybridized carbons (Fsp3) is 0.444. The van der Waals surface area contributed by atoms with Gasteiger partial charge in [-0.05, 0) is 0 Å². The molecule has 1 heterocycles. The molecular weight excluding hydrogens is 262 g/mol. The van der Waals surface area contributed by atoms with Crippen LogP contribution in [0.25, 0.3) is 0 Å². The summed E-state index contributed by atoms with van der Waals surface area (Å²) in [7, 11) is 3.11. The molecule has 0 aliphatic rings. The minimum absolute atomic E-state index is 0.0869. The maximum Gasteiger partial charge on any atom is 0.348 e. The number of carbonyl (C=O) groups is 1. The summed E-state index contributed by atoms with van der Waals surface area (Å²) in [6, 6.07) is 0. The highest BCUT2D eigenvalue weighted by molar-refractivity contribution is 6.31. The first-order valence-corrected chi connectivity index (χ1v) is 5.41. The lowest BCUT2D eigenvalue weighted by molar-refractivity contribution is -0.384. The van der Waals surface area contributed by atoms with E-state index < -0.39 is 4.92 Å². The van der Waals surface area contributed by atoms with Crippen LogP contribution < -0.4 is 10.2 Å². The Kier molecular flexibility index (Phi) is 4.78. The predicted molar refractivity (Wildman–Crippen MR) is 65.7 cm³/mol. The quantitative estimate of drug-likeness (QED) is 0.479. The number of aromatic nitrogens is 2. The lowest BCUT2D eigenvalue weighted by Gasteiger charge is -2.17. The van der Waals surface area contributed by atoms with Gasteiger partial charge in [0.05, 0.1) is 4.92 Å². The van der Waals surface area contributed by atoms with Gasteiger partial charge in [-0.15, -0.1) is 0 Å². The number of anilines is 1. The number of halogens is 1. The van der Waals surface area contributed by atoms with Gasteiger partial charge < -0.3 is 10.2 Å². The molecule has 0 saturated carbocycles. The molecule has 0 aliphatic carbocycles. The van der Waals surface area contributed by atoms with E-state index in [9.17, 15) is 14.9 Å². The second-order valence-electron chi connectivity index (χ2n) is 3.44. The van der Waals surface area contributed by atoms with Crippen LogP contribution in [0.3, 0.4) is 0 Å². The van der Waals surface area contributed by atoms with Crippen molar-refractivity contribution in [3.8, 4) is 0 Å². The molecular formula is C9H12ClN5O3. The van der Waals surface area contributed by atoms with Gasteiger partial charge in [0.25, 0.3) is 0 Å². The van der Waals surface area contributed by atoms with Gasteiger partial charge in [-0.3, -0.25) is 14.9 Å². The van der Waals surface area contributed by atoms with E-state index in [1.165, 1.54) is 11.9 Å². The summed E-state index contributed by atoms with van der Waals surface area (Å²) in [4.78, 5) is 30.2. The van der Waals surface area contributed by atoms with Gasteiger partial charge in [0.1, 0.15) is 6.33 Å². The van der Waals surface area contributed by atoms with Gasteiger partial charge in [0.2, 0.25) is 16.9 Å². The van der Waals surface area contributed by atoms with Crippen molar-refractivity contribution in [1.29, 1.82) is 0 Å². The van der Waals surface area contributed by atoms with E-state index in [2.05, 4.69) is 15.3 Å². The normalized spacial score (nSPS) is 9.94. The fourth-order valence-corrected chi connectivity index (χ4v) is 1.48. The molecule has 1 rings (SSSR count). The van der Waals surface area contributed by atoms with E-state index in [0.717, 1.165) is 6.33 Å². The zero-order valence-corrected chi connectivity index (χ0v) is 10.6. The molecule has 8 nitrogen and oxygen atoms in total. The minimum Gasteiger partial charge on any atom is -0.359 e. The number of amides is 1. The Bertz CT molecular complexity index is 468. The number of nitrogens with one attached hydrogen (secondary N) is 1. The highest BCUT2D eigenvalue weighted by Crippen LogP contribution is 2.30. The standard InChI is InChI=1S/C9H12ClN5O3/c1-11-6(16)3-4-14(2)9-7(15(17)18)8(10)12-5-13-9/h5H,3-4H2,1-2H3,(H,11,16). The molecule has 0 aromatic carbocycles. The van der Waals surface area contributed by atoms with E-state index in [1.807, 2.05) is 0 Å². The summed E-state index contributed by atoms with van der Waals surface area (Å²) in [6.07, 6.45) is 1.34. The van der Waals surface area contributed by atoms with Crippen molar-refractivity contribution in [1.82, 2.24) is 15.3 Å². The Balaban J connectivity index is 2.92. The number of hydrogen-bond acceptors (Lipinski definition) is 6. The van der Waals surface area contributed by atoms with E-state index >= 15 is 0 Å². The first-order valence-electron chi connectivity index (χ1n) is 5.04. The van der Waals surface area contributed by atoms with Crippen LogP contribution >= 0.6 is 11.6 Å². The Morgan fingerprint density at radius 3 is 2.83 bits per heavy atom. The molecule has 0 aliphatic heterocycles. The van der Waals surface area contributed by atoms with Crippen molar-refractivity contribution in [3.05, 3.63) is 21.6 Å². The van der Waals surface area contributed by atoms with Crippen molar-refractivity contribution in [2.24, 2.45) is 0 Å². The molecule has 98 valence electrons. The zero-order chi connectivity index (χ0) is 13.7. The molecule has 0 bridgehead atoms. The SMILES string of the molecule is CNC(=O)CCN(C)c1ncnc(Cl)c1[N+](=O)[O-]. The van der Waals surface area contributed by atoms with Crippen LogP contribution in [-0.2, 0) is 4.79 Å². The molecule has 18 heavy (non-hydrogen) atoms.